The van der Waals surface area contributed by atoms with Gasteiger partial charge in [0.1, 0.15) is 12.5 Å². The Morgan fingerprint density at radius 1 is 1.40 bits per heavy atom. The van der Waals surface area contributed by atoms with Crippen molar-refractivity contribution < 1.29 is 19.0 Å². The van der Waals surface area contributed by atoms with Crippen molar-refractivity contribution >= 4 is 5.97 Å². The number of nitrogens with zero attached hydrogens (tertiary/aromatic N) is 1. The molecule has 1 aromatic rings. The average molecular weight is 279 g/mol. The summed E-state index contributed by atoms with van der Waals surface area (Å²) in [5.41, 5.74) is 0. The average Bonchev–Trinajstić information content (AvgIpc) is 2.46. The zero-order chi connectivity index (χ0) is 14.8. The van der Waals surface area contributed by atoms with Crippen molar-refractivity contribution in [1.82, 2.24) is 4.90 Å². The summed E-state index contributed by atoms with van der Waals surface area (Å²) in [6.45, 7) is 6.57. The van der Waals surface area contributed by atoms with Gasteiger partial charge in [-0.2, -0.15) is 0 Å². The standard InChI is InChI=1S/C15H21NO4/c1-4-15(17)20-13(2)18-11-10-16(3)12-19-14-8-6-5-7-9-14/h4-9,13H,1,10-12H2,2-3H3. The van der Waals surface area contributed by atoms with Crippen LogP contribution in [-0.4, -0.2) is 44.1 Å². The Kier molecular flexibility index (Phi) is 7.39. The molecule has 0 aliphatic heterocycles. The number of hydrogen-bond acceptors (Lipinski definition) is 5. The van der Waals surface area contributed by atoms with Gasteiger partial charge in [-0.3, -0.25) is 4.90 Å². The fourth-order valence-corrected chi connectivity index (χ4v) is 1.39. The zero-order valence-electron chi connectivity index (χ0n) is 12.0. The van der Waals surface area contributed by atoms with Crippen molar-refractivity contribution in [3.05, 3.63) is 43.0 Å². The fourth-order valence-electron chi connectivity index (χ4n) is 1.39. The van der Waals surface area contributed by atoms with Crippen LogP contribution in [-0.2, 0) is 14.3 Å². The van der Waals surface area contributed by atoms with E-state index in [1.165, 1.54) is 0 Å². The van der Waals surface area contributed by atoms with E-state index >= 15 is 0 Å². The number of para-hydroxylation sites is 1. The Balaban J connectivity index is 2.12. The molecule has 1 aromatic carbocycles. The van der Waals surface area contributed by atoms with E-state index in [0.29, 0.717) is 19.9 Å². The summed E-state index contributed by atoms with van der Waals surface area (Å²) in [6.07, 6.45) is 0.531. The Morgan fingerprint density at radius 3 is 2.75 bits per heavy atom. The molecular weight excluding hydrogens is 258 g/mol. The molecule has 5 nitrogen and oxygen atoms in total. The molecule has 0 aliphatic carbocycles. The number of esters is 1. The maximum Gasteiger partial charge on any atom is 0.332 e. The van der Waals surface area contributed by atoms with E-state index in [-0.39, 0.29) is 0 Å². The molecule has 0 spiro atoms. The van der Waals surface area contributed by atoms with Crippen LogP contribution in [0.25, 0.3) is 0 Å². The molecule has 1 atom stereocenters. The largest absolute Gasteiger partial charge is 0.478 e. The quantitative estimate of drug-likeness (QED) is 0.393. The normalized spacial score (nSPS) is 11.9. The minimum Gasteiger partial charge on any atom is -0.478 e. The van der Waals surface area contributed by atoms with Crippen LogP contribution in [0.5, 0.6) is 5.75 Å². The van der Waals surface area contributed by atoms with Gasteiger partial charge in [-0.15, -0.1) is 0 Å². The van der Waals surface area contributed by atoms with Crippen LogP contribution >= 0.6 is 0 Å². The second-order valence-corrected chi connectivity index (χ2v) is 4.25. The highest BCUT2D eigenvalue weighted by molar-refractivity contribution is 5.81. The van der Waals surface area contributed by atoms with E-state index < -0.39 is 12.3 Å². The van der Waals surface area contributed by atoms with E-state index in [1.54, 1.807) is 6.92 Å². The smallest absolute Gasteiger partial charge is 0.332 e. The first-order chi connectivity index (χ1) is 9.61. The second kappa shape index (κ2) is 9.12. The van der Waals surface area contributed by atoms with Crippen molar-refractivity contribution in [1.29, 1.82) is 0 Å². The number of likely N-dealkylation sites (N-methyl/N-ethyl adjacent to an activating group) is 1. The molecule has 0 amide bonds. The maximum absolute atomic E-state index is 10.9. The molecule has 20 heavy (non-hydrogen) atoms. The summed E-state index contributed by atoms with van der Waals surface area (Å²) in [7, 11) is 1.92. The van der Waals surface area contributed by atoms with E-state index in [1.807, 2.05) is 42.3 Å². The summed E-state index contributed by atoms with van der Waals surface area (Å²) >= 11 is 0. The van der Waals surface area contributed by atoms with Crippen LogP contribution in [0.2, 0.25) is 0 Å². The Bertz CT molecular complexity index is 408. The molecule has 0 aliphatic rings. The third-order valence-electron chi connectivity index (χ3n) is 2.47. The van der Waals surface area contributed by atoms with Crippen LogP contribution < -0.4 is 4.74 Å². The lowest BCUT2D eigenvalue weighted by Gasteiger charge is -2.19. The van der Waals surface area contributed by atoms with Gasteiger partial charge in [-0.25, -0.2) is 4.79 Å². The van der Waals surface area contributed by atoms with E-state index in [9.17, 15) is 4.79 Å². The number of carbonyl (C=O) groups excluding carboxylic acids is 1. The molecule has 0 fully saturated rings. The summed E-state index contributed by atoms with van der Waals surface area (Å²) in [6, 6.07) is 9.60. The first kappa shape index (κ1) is 16.2. The summed E-state index contributed by atoms with van der Waals surface area (Å²) in [5, 5.41) is 0. The Morgan fingerprint density at radius 2 is 2.10 bits per heavy atom. The third-order valence-corrected chi connectivity index (χ3v) is 2.47. The van der Waals surface area contributed by atoms with Gasteiger partial charge in [-0.05, 0) is 26.1 Å². The Labute approximate surface area is 119 Å². The van der Waals surface area contributed by atoms with Crippen molar-refractivity contribution in [3.63, 3.8) is 0 Å². The zero-order valence-corrected chi connectivity index (χ0v) is 12.0. The lowest BCUT2D eigenvalue weighted by atomic mass is 10.3. The van der Waals surface area contributed by atoms with Crippen LogP contribution in [0, 0.1) is 0 Å². The molecule has 110 valence electrons. The van der Waals surface area contributed by atoms with Gasteiger partial charge >= 0.3 is 5.97 Å². The van der Waals surface area contributed by atoms with E-state index in [0.717, 1.165) is 11.8 Å². The van der Waals surface area contributed by atoms with Gasteiger partial charge in [0.25, 0.3) is 0 Å². The van der Waals surface area contributed by atoms with Crippen LogP contribution in [0.4, 0.5) is 0 Å². The van der Waals surface area contributed by atoms with Gasteiger partial charge in [0, 0.05) is 12.6 Å². The van der Waals surface area contributed by atoms with Gasteiger partial charge in [0.05, 0.1) is 6.61 Å². The van der Waals surface area contributed by atoms with Crippen LogP contribution in [0.15, 0.2) is 43.0 Å². The summed E-state index contributed by atoms with van der Waals surface area (Å²) in [4.78, 5) is 12.9. The Hall–Kier alpha value is -1.85. The van der Waals surface area contributed by atoms with Crippen LogP contribution in [0.1, 0.15) is 6.92 Å². The first-order valence-corrected chi connectivity index (χ1v) is 6.43. The lowest BCUT2D eigenvalue weighted by Crippen LogP contribution is -2.29. The predicted molar refractivity (Wildman–Crippen MR) is 76.3 cm³/mol. The van der Waals surface area contributed by atoms with Gasteiger partial charge < -0.3 is 14.2 Å². The highest BCUT2D eigenvalue weighted by Gasteiger charge is 2.07. The molecule has 0 radical (unpaired) electrons. The summed E-state index contributed by atoms with van der Waals surface area (Å²) in [5.74, 6) is 0.340. The van der Waals surface area contributed by atoms with Crippen LogP contribution in [0.3, 0.4) is 0 Å². The molecule has 1 rings (SSSR count). The predicted octanol–water partition coefficient (Wildman–Crippen LogP) is 2.05. The third kappa shape index (κ3) is 6.92. The van der Waals surface area contributed by atoms with Crippen molar-refractivity contribution in [3.8, 4) is 5.75 Å². The number of ether oxygens (including phenoxy) is 3. The minimum atomic E-state index is -0.580. The highest BCUT2D eigenvalue weighted by atomic mass is 16.7. The number of hydrogen-bond donors (Lipinski definition) is 0. The lowest BCUT2D eigenvalue weighted by molar-refractivity contribution is -0.169. The first-order valence-electron chi connectivity index (χ1n) is 6.43. The topological polar surface area (TPSA) is 48.0 Å². The van der Waals surface area contributed by atoms with Crippen molar-refractivity contribution in [2.24, 2.45) is 0 Å². The minimum absolute atomic E-state index is 0.445. The number of carbonyl (C=O) groups is 1. The monoisotopic (exact) mass is 279 g/mol. The SMILES string of the molecule is C=CC(=O)OC(C)OCCN(C)COc1ccccc1. The molecule has 1 unspecified atom stereocenters. The number of benzene rings is 1. The molecule has 0 aromatic heterocycles. The molecule has 0 heterocycles. The highest BCUT2D eigenvalue weighted by Crippen LogP contribution is 2.08. The molecule has 0 bridgehead atoms. The maximum atomic E-state index is 10.9. The molecule has 0 saturated carbocycles. The summed E-state index contributed by atoms with van der Waals surface area (Å²) < 4.78 is 15.8. The second-order valence-electron chi connectivity index (χ2n) is 4.25. The van der Waals surface area contributed by atoms with Gasteiger partial charge in [-0.1, -0.05) is 24.8 Å². The molecular formula is C15H21NO4. The molecule has 5 heteroatoms. The van der Waals surface area contributed by atoms with Gasteiger partial charge in [0.2, 0.25) is 6.29 Å². The van der Waals surface area contributed by atoms with Crippen molar-refractivity contribution in [2.45, 2.75) is 13.2 Å². The van der Waals surface area contributed by atoms with E-state index in [2.05, 4.69) is 6.58 Å². The molecule has 0 saturated heterocycles. The van der Waals surface area contributed by atoms with Gasteiger partial charge in [0.15, 0.2) is 0 Å². The number of rotatable bonds is 9. The molecule has 0 N–H and O–H groups in total. The fraction of sp³-hybridized carbons (Fsp3) is 0.400. The van der Waals surface area contributed by atoms with E-state index in [4.69, 9.17) is 14.2 Å². The van der Waals surface area contributed by atoms with Crippen molar-refractivity contribution in [2.75, 3.05) is 26.9 Å².